The van der Waals surface area contributed by atoms with Gasteiger partial charge in [-0.1, -0.05) is 18.5 Å². The minimum atomic E-state index is -1.48. The molecule has 1 heterocycles. The zero-order valence-electron chi connectivity index (χ0n) is 13.3. The third kappa shape index (κ3) is 1.99. The van der Waals surface area contributed by atoms with Gasteiger partial charge in [-0.2, -0.15) is 0 Å². The highest BCUT2D eigenvalue weighted by molar-refractivity contribution is 6.36. The lowest BCUT2D eigenvalue weighted by Gasteiger charge is -2.36. The predicted molar refractivity (Wildman–Crippen MR) is 85.0 cm³/mol. The van der Waals surface area contributed by atoms with E-state index in [4.69, 9.17) is 25.8 Å². The Bertz CT molecular complexity index is 797. The van der Waals surface area contributed by atoms with Crippen LogP contribution in [0.4, 0.5) is 0 Å². The van der Waals surface area contributed by atoms with Gasteiger partial charge in [-0.25, -0.2) is 0 Å². The number of ether oxygens (including phenoxy) is 3. The van der Waals surface area contributed by atoms with Gasteiger partial charge < -0.3 is 14.2 Å². The molecule has 1 aromatic rings. The molecule has 0 amide bonds. The van der Waals surface area contributed by atoms with Crippen LogP contribution < -0.4 is 9.47 Å². The zero-order valence-corrected chi connectivity index (χ0v) is 14.1. The van der Waals surface area contributed by atoms with Crippen molar-refractivity contribution < 1.29 is 28.6 Å². The maximum atomic E-state index is 13.2. The fourth-order valence-corrected chi connectivity index (χ4v) is 3.51. The number of methoxy groups -OCH3 is 2. The number of benzene rings is 1. The van der Waals surface area contributed by atoms with E-state index in [-0.39, 0.29) is 45.6 Å². The van der Waals surface area contributed by atoms with Crippen LogP contribution in [0.3, 0.4) is 0 Å². The molecule has 1 aromatic carbocycles. The molecule has 0 saturated heterocycles. The van der Waals surface area contributed by atoms with Gasteiger partial charge in [0.25, 0.3) is 0 Å². The molecule has 1 aliphatic carbocycles. The summed E-state index contributed by atoms with van der Waals surface area (Å²) in [6.07, 6.45) is 1.96. The summed E-state index contributed by atoms with van der Waals surface area (Å²) >= 11 is 6.23. The molecule has 6 nitrogen and oxygen atoms in total. The highest BCUT2D eigenvalue weighted by Crippen LogP contribution is 2.52. The minimum Gasteiger partial charge on any atom is -0.496 e. The Morgan fingerprint density at radius 3 is 2.62 bits per heavy atom. The summed E-state index contributed by atoms with van der Waals surface area (Å²) in [4.78, 5) is 36.3. The summed E-state index contributed by atoms with van der Waals surface area (Å²) < 4.78 is 16.5. The number of carbonyl (C=O) groups excluding carboxylic acids is 3. The van der Waals surface area contributed by atoms with E-state index in [0.29, 0.717) is 6.29 Å². The molecule has 1 aliphatic heterocycles. The zero-order chi connectivity index (χ0) is 17.6. The summed E-state index contributed by atoms with van der Waals surface area (Å²) in [6.45, 7) is 1.73. The van der Waals surface area contributed by atoms with Gasteiger partial charge in [0.05, 0.1) is 19.2 Å². The lowest BCUT2D eigenvalue weighted by atomic mass is 9.75. The van der Waals surface area contributed by atoms with E-state index in [9.17, 15) is 14.4 Å². The van der Waals surface area contributed by atoms with Crippen molar-refractivity contribution >= 4 is 29.5 Å². The number of hydrogen-bond acceptors (Lipinski definition) is 6. The third-order valence-electron chi connectivity index (χ3n) is 4.47. The first-order chi connectivity index (χ1) is 11.4. The summed E-state index contributed by atoms with van der Waals surface area (Å²) in [5, 5.41) is 0.0329. The number of fused-ring (bicyclic) bond motifs is 1. The molecule has 0 fully saturated rings. The fraction of sp³-hybridized carbons (Fsp3) is 0.353. The van der Waals surface area contributed by atoms with Crippen molar-refractivity contribution in [1.82, 2.24) is 0 Å². The van der Waals surface area contributed by atoms with Gasteiger partial charge in [0, 0.05) is 24.0 Å². The SMILES string of the molecule is COC1=CC(=O)C[C@@H](C)[C@]12Oc1c(Cl)c(C=O)cc(OC)c1C2=O. The number of carbonyl (C=O) groups is 3. The van der Waals surface area contributed by atoms with Crippen LogP contribution in [0.15, 0.2) is 17.9 Å². The van der Waals surface area contributed by atoms with Gasteiger partial charge in [0.1, 0.15) is 11.3 Å². The van der Waals surface area contributed by atoms with Crippen molar-refractivity contribution in [3.63, 3.8) is 0 Å². The smallest absolute Gasteiger partial charge is 0.231 e. The first kappa shape index (κ1) is 16.5. The van der Waals surface area contributed by atoms with Gasteiger partial charge in [-0.15, -0.1) is 0 Å². The largest absolute Gasteiger partial charge is 0.496 e. The first-order valence-electron chi connectivity index (χ1n) is 7.29. The summed E-state index contributed by atoms with van der Waals surface area (Å²) in [5.41, 5.74) is -1.18. The highest BCUT2D eigenvalue weighted by atomic mass is 35.5. The monoisotopic (exact) mass is 350 g/mol. The number of Topliss-reactive ketones (excluding diaryl/α,β-unsaturated/α-hetero) is 1. The van der Waals surface area contributed by atoms with Gasteiger partial charge in [0.15, 0.2) is 23.6 Å². The maximum Gasteiger partial charge on any atom is 0.231 e. The Morgan fingerprint density at radius 1 is 1.33 bits per heavy atom. The molecule has 0 bridgehead atoms. The Balaban J connectivity index is 2.28. The number of ketones is 2. The number of allylic oxidation sites excluding steroid dienone is 1. The standard InChI is InChI=1S/C17H15ClO6/c1-8-4-10(20)6-12(23-3)17(8)16(21)13-11(22-2)5-9(7-19)14(18)15(13)24-17/h5-8H,4H2,1-3H3/t8-,17+/m1/s1. The molecule has 2 atom stereocenters. The Labute approximate surface area is 143 Å². The molecule has 0 aromatic heterocycles. The van der Waals surface area contributed by atoms with E-state index in [0.717, 1.165) is 0 Å². The van der Waals surface area contributed by atoms with Gasteiger partial charge >= 0.3 is 0 Å². The second kappa shape index (κ2) is 5.63. The number of hydrogen-bond donors (Lipinski definition) is 0. The van der Waals surface area contributed by atoms with Crippen molar-refractivity contribution in [1.29, 1.82) is 0 Å². The van der Waals surface area contributed by atoms with Crippen molar-refractivity contribution in [2.24, 2.45) is 5.92 Å². The van der Waals surface area contributed by atoms with E-state index in [1.807, 2.05) is 0 Å². The van der Waals surface area contributed by atoms with Gasteiger partial charge in [0.2, 0.25) is 11.4 Å². The van der Waals surface area contributed by atoms with Crippen molar-refractivity contribution in [2.45, 2.75) is 18.9 Å². The lowest BCUT2D eigenvalue weighted by molar-refractivity contribution is -0.118. The topological polar surface area (TPSA) is 78.9 Å². The summed E-state index contributed by atoms with van der Waals surface area (Å²) in [5.74, 6) is -0.625. The van der Waals surface area contributed by atoms with E-state index in [2.05, 4.69) is 0 Å². The molecule has 126 valence electrons. The Kier molecular flexibility index (Phi) is 3.87. The summed E-state index contributed by atoms with van der Waals surface area (Å²) in [6, 6.07) is 1.39. The fourth-order valence-electron chi connectivity index (χ4n) is 3.28. The molecular formula is C17H15ClO6. The van der Waals surface area contributed by atoms with Crippen LogP contribution in [0, 0.1) is 5.92 Å². The number of rotatable bonds is 3. The van der Waals surface area contributed by atoms with Crippen molar-refractivity contribution in [3.05, 3.63) is 34.1 Å². The van der Waals surface area contributed by atoms with Crippen molar-refractivity contribution in [3.8, 4) is 11.5 Å². The van der Waals surface area contributed by atoms with Crippen molar-refractivity contribution in [2.75, 3.05) is 14.2 Å². The maximum absolute atomic E-state index is 13.2. The minimum absolute atomic E-state index is 0.0329. The van der Waals surface area contributed by atoms with E-state index in [1.54, 1.807) is 6.92 Å². The third-order valence-corrected chi connectivity index (χ3v) is 4.86. The summed E-state index contributed by atoms with van der Waals surface area (Å²) in [7, 11) is 2.76. The molecular weight excluding hydrogens is 336 g/mol. The van der Waals surface area contributed by atoms with Crippen LogP contribution in [0.5, 0.6) is 11.5 Å². The number of aldehydes is 1. The van der Waals surface area contributed by atoms with Crippen LogP contribution in [0.2, 0.25) is 5.02 Å². The van der Waals surface area contributed by atoms with Crippen LogP contribution in [-0.2, 0) is 9.53 Å². The Morgan fingerprint density at radius 2 is 2.04 bits per heavy atom. The van der Waals surface area contributed by atoms with Crippen LogP contribution in [0.25, 0.3) is 0 Å². The second-order valence-corrected chi connectivity index (χ2v) is 6.13. The highest BCUT2D eigenvalue weighted by Gasteiger charge is 2.59. The lowest BCUT2D eigenvalue weighted by Crippen LogP contribution is -2.51. The molecule has 7 heteroatoms. The van der Waals surface area contributed by atoms with Crippen LogP contribution in [-0.4, -0.2) is 37.7 Å². The van der Waals surface area contributed by atoms with Crippen LogP contribution in [0.1, 0.15) is 34.1 Å². The molecule has 0 saturated carbocycles. The molecule has 0 radical (unpaired) electrons. The average molecular weight is 351 g/mol. The average Bonchev–Trinajstić information content (AvgIpc) is 2.87. The molecule has 0 N–H and O–H groups in total. The molecule has 3 rings (SSSR count). The second-order valence-electron chi connectivity index (χ2n) is 5.76. The number of halogens is 1. The molecule has 0 unspecified atom stereocenters. The predicted octanol–water partition coefficient (Wildman–Crippen LogP) is 2.61. The van der Waals surface area contributed by atoms with Gasteiger partial charge in [-0.05, 0) is 6.07 Å². The normalized spacial score (nSPS) is 25.2. The van der Waals surface area contributed by atoms with E-state index in [1.165, 1.54) is 26.4 Å². The molecule has 24 heavy (non-hydrogen) atoms. The first-order valence-corrected chi connectivity index (χ1v) is 7.67. The molecule has 1 spiro atoms. The van der Waals surface area contributed by atoms with E-state index < -0.39 is 17.3 Å². The quantitative estimate of drug-likeness (QED) is 0.780. The van der Waals surface area contributed by atoms with Gasteiger partial charge in [-0.3, -0.25) is 14.4 Å². The van der Waals surface area contributed by atoms with Crippen LogP contribution >= 0.6 is 11.6 Å². The van der Waals surface area contributed by atoms with E-state index >= 15 is 0 Å². The Hall–Kier alpha value is -2.34. The molecule has 2 aliphatic rings.